The molecule has 0 bridgehead atoms. The van der Waals surface area contributed by atoms with Crippen molar-refractivity contribution in [3.05, 3.63) is 10.6 Å². The minimum absolute atomic E-state index is 0.0262. The summed E-state index contributed by atoms with van der Waals surface area (Å²) >= 11 is 1.35. The summed E-state index contributed by atoms with van der Waals surface area (Å²) in [5.74, 6) is -2.38. The molecule has 0 aromatic carbocycles. The van der Waals surface area contributed by atoms with Gasteiger partial charge in [-0.15, -0.1) is 11.8 Å². The van der Waals surface area contributed by atoms with E-state index in [2.05, 4.69) is 0 Å². The van der Waals surface area contributed by atoms with Crippen molar-refractivity contribution in [2.45, 2.75) is 56.9 Å². The van der Waals surface area contributed by atoms with E-state index < -0.39 is 38.1 Å². The summed E-state index contributed by atoms with van der Waals surface area (Å²) in [6, 6.07) is -0.367. The zero-order chi connectivity index (χ0) is 24.9. The Balaban J connectivity index is 1.59. The van der Waals surface area contributed by atoms with Crippen molar-refractivity contribution >= 4 is 31.5 Å². The number of quaternary nitrogens is 1. The molecule has 3 rings (SSSR count). The van der Waals surface area contributed by atoms with E-state index in [1.165, 1.54) is 16.7 Å². The SMILES string of the molecule is CC(O)C1C(=O)N2C(C(=O)O)=C(SC3COC(COP(=O)(O)OC(C)[N+](C)(C)C)C3)C(C)C12. The van der Waals surface area contributed by atoms with Crippen LogP contribution in [0.4, 0.5) is 0 Å². The Morgan fingerprint density at radius 3 is 2.55 bits per heavy atom. The Labute approximate surface area is 197 Å². The van der Waals surface area contributed by atoms with Gasteiger partial charge in [0.05, 0.1) is 58.5 Å². The lowest BCUT2D eigenvalue weighted by molar-refractivity contribution is -0.913. The average Bonchev–Trinajstić information content (AvgIpc) is 3.21. The highest BCUT2D eigenvalue weighted by atomic mass is 32.2. The van der Waals surface area contributed by atoms with Crippen molar-refractivity contribution in [2.24, 2.45) is 11.8 Å². The molecule has 0 aliphatic carbocycles. The van der Waals surface area contributed by atoms with E-state index in [-0.39, 0.29) is 35.4 Å². The van der Waals surface area contributed by atoms with Gasteiger partial charge in [-0.3, -0.25) is 9.32 Å². The molecule has 3 aliphatic heterocycles. The van der Waals surface area contributed by atoms with E-state index in [4.69, 9.17) is 13.8 Å². The van der Waals surface area contributed by atoms with Gasteiger partial charge in [0.1, 0.15) is 5.70 Å². The predicted octanol–water partition coefficient (Wildman–Crippen LogP) is 1.22. The second-order valence-electron chi connectivity index (χ2n) is 9.79. The quantitative estimate of drug-likeness (QED) is 0.170. The van der Waals surface area contributed by atoms with Crippen LogP contribution in [0.3, 0.4) is 0 Å². The standard InChI is InChI=1S/C20H33N2O9PS/c1-10-16-15(11(2)23)19(24)21(16)17(20(25)26)18(10)33-14-7-13(29-9-14)8-30-32(27,28)31-12(3)22(4,5)6/h10-16,23H,7-9H2,1-6H3,(H-,25,26,27,28)/p+1. The number of aliphatic carboxylic acids is 1. The Hall–Kier alpha value is -0.980. The van der Waals surface area contributed by atoms with Crippen LogP contribution < -0.4 is 0 Å². The minimum atomic E-state index is -4.27. The maximum Gasteiger partial charge on any atom is 0.476 e. The first kappa shape index (κ1) is 26.6. The highest BCUT2D eigenvalue weighted by Gasteiger charge is 2.60. The van der Waals surface area contributed by atoms with Crippen LogP contribution in [0.15, 0.2) is 10.6 Å². The lowest BCUT2D eigenvalue weighted by atomic mass is 9.79. The molecular formula is C20H34N2O9PS+. The molecule has 33 heavy (non-hydrogen) atoms. The first-order valence-electron chi connectivity index (χ1n) is 10.9. The topological polar surface area (TPSA) is 143 Å². The van der Waals surface area contributed by atoms with Crippen molar-refractivity contribution in [3.8, 4) is 0 Å². The van der Waals surface area contributed by atoms with Gasteiger partial charge in [0.2, 0.25) is 12.1 Å². The second-order valence-corrected chi connectivity index (χ2v) is 12.5. The number of carbonyl (C=O) groups excluding carboxylic acids is 1. The molecule has 188 valence electrons. The minimum Gasteiger partial charge on any atom is -0.477 e. The third-order valence-electron chi connectivity index (χ3n) is 6.45. The van der Waals surface area contributed by atoms with Gasteiger partial charge in [0, 0.05) is 23.0 Å². The Bertz CT molecular complexity index is 874. The number of carboxylic acid groups (broad SMARTS) is 1. The van der Waals surface area contributed by atoms with Crippen molar-refractivity contribution in [1.29, 1.82) is 0 Å². The van der Waals surface area contributed by atoms with Crippen LogP contribution in [-0.4, -0.2) is 100 Å². The summed E-state index contributed by atoms with van der Waals surface area (Å²) in [7, 11) is 1.22. The van der Waals surface area contributed by atoms with E-state index in [9.17, 15) is 29.3 Å². The molecule has 0 saturated carbocycles. The van der Waals surface area contributed by atoms with Crippen molar-refractivity contribution in [3.63, 3.8) is 0 Å². The van der Waals surface area contributed by atoms with Crippen LogP contribution in [-0.2, 0) is 27.9 Å². The Kier molecular flexibility index (Phi) is 7.73. The summed E-state index contributed by atoms with van der Waals surface area (Å²) in [4.78, 5) is 36.3. The molecule has 11 nitrogen and oxygen atoms in total. The second kappa shape index (κ2) is 9.58. The number of phosphoric acid groups is 1. The van der Waals surface area contributed by atoms with Crippen LogP contribution in [0.5, 0.6) is 0 Å². The molecule has 2 fully saturated rings. The van der Waals surface area contributed by atoms with Crippen LogP contribution >= 0.6 is 19.6 Å². The summed E-state index contributed by atoms with van der Waals surface area (Å²) in [5, 5.41) is 19.6. The number of hydrogen-bond donors (Lipinski definition) is 3. The Morgan fingerprint density at radius 2 is 2.00 bits per heavy atom. The highest BCUT2D eigenvalue weighted by Crippen LogP contribution is 2.52. The Morgan fingerprint density at radius 1 is 1.36 bits per heavy atom. The molecule has 3 N–H and O–H groups in total. The molecular weight excluding hydrogens is 475 g/mol. The molecule has 13 heteroatoms. The van der Waals surface area contributed by atoms with Gasteiger partial charge in [-0.05, 0) is 13.3 Å². The van der Waals surface area contributed by atoms with Gasteiger partial charge in [-0.2, -0.15) is 0 Å². The van der Waals surface area contributed by atoms with Gasteiger partial charge in [-0.25, -0.2) is 13.9 Å². The number of carboxylic acids is 1. The number of nitrogens with zero attached hydrogens (tertiary/aromatic N) is 2. The van der Waals surface area contributed by atoms with Gasteiger partial charge < -0.3 is 29.2 Å². The summed E-state index contributed by atoms with van der Waals surface area (Å²) in [6.07, 6.45) is -1.37. The van der Waals surface area contributed by atoms with Crippen LogP contribution in [0.1, 0.15) is 27.2 Å². The van der Waals surface area contributed by atoms with Crippen LogP contribution in [0.25, 0.3) is 0 Å². The normalized spacial score (nSPS) is 33.5. The first-order valence-corrected chi connectivity index (χ1v) is 13.2. The van der Waals surface area contributed by atoms with E-state index in [0.29, 0.717) is 22.4 Å². The number of phosphoric ester groups is 1. The molecule has 0 spiro atoms. The average molecular weight is 510 g/mol. The zero-order valence-electron chi connectivity index (χ0n) is 19.7. The lowest BCUT2D eigenvalue weighted by Crippen LogP contribution is -2.63. The number of carbonyl (C=O) groups is 2. The fraction of sp³-hybridized carbons (Fsp3) is 0.800. The number of hydrogen-bond acceptors (Lipinski definition) is 8. The number of β-lactam (4-membered cyclic amide) rings is 1. The third kappa shape index (κ3) is 5.48. The lowest BCUT2D eigenvalue weighted by Gasteiger charge is -2.46. The maximum absolute atomic E-state index is 12.5. The van der Waals surface area contributed by atoms with E-state index >= 15 is 0 Å². The number of fused-ring (bicyclic) bond motifs is 1. The number of aliphatic hydroxyl groups excluding tert-OH is 1. The molecule has 8 atom stereocenters. The summed E-state index contributed by atoms with van der Waals surface area (Å²) < 4.78 is 28.6. The van der Waals surface area contributed by atoms with Crippen LogP contribution in [0.2, 0.25) is 0 Å². The molecule has 0 radical (unpaired) electrons. The maximum atomic E-state index is 12.5. The number of ether oxygens (including phenoxy) is 1. The fourth-order valence-electron chi connectivity index (χ4n) is 4.27. The number of aliphatic hydroxyl groups is 1. The van der Waals surface area contributed by atoms with Crippen LogP contribution in [0, 0.1) is 11.8 Å². The molecule has 2 saturated heterocycles. The van der Waals surface area contributed by atoms with E-state index in [1.54, 1.807) is 13.8 Å². The first-order chi connectivity index (χ1) is 15.1. The summed E-state index contributed by atoms with van der Waals surface area (Å²) in [5.41, 5.74) is -0.0262. The number of thioether (sulfide) groups is 1. The van der Waals surface area contributed by atoms with Crippen molar-refractivity contribution < 1.29 is 47.5 Å². The largest absolute Gasteiger partial charge is 0.477 e. The van der Waals surface area contributed by atoms with Gasteiger partial charge >= 0.3 is 13.8 Å². The molecule has 1 amide bonds. The number of rotatable bonds is 10. The molecule has 0 aromatic rings. The fourth-order valence-corrected chi connectivity index (χ4v) is 6.82. The van der Waals surface area contributed by atoms with E-state index in [0.717, 1.165) is 0 Å². The summed E-state index contributed by atoms with van der Waals surface area (Å²) in [6.45, 7) is 5.26. The molecule has 3 heterocycles. The zero-order valence-corrected chi connectivity index (χ0v) is 21.4. The molecule has 0 aromatic heterocycles. The smallest absolute Gasteiger partial charge is 0.476 e. The van der Waals surface area contributed by atoms with Crippen molar-refractivity contribution in [1.82, 2.24) is 4.90 Å². The number of amides is 1. The highest BCUT2D eigenvalue weighted by molar-refractivity contribution is 8.03. The predicted molar refractivity (Wildman–Crippen MR) is 120 cm³/mol. The van der Waals surface area contributed by atoms with Gasteiger partial charge in [-0.1, -0.05) is 6.92 Å². The van der Waals surface area contributed by atoms with E-state index in [1.807, 2.05) is 28.1 Å². The van der Waals surface area contributed by atoms with Crippen molar-refractivity contribution in [2.75, 3.05) is 34.4 Å². The molecule has 8 unspecified atom stereocenters. The monoisotopic (exact) mass is 509 g/mol. The van der Waals surface area contributed by atoms with Gasteiger partial charge in [0.15, 0.2) is 0 Å². The molecule has 3 aliphatic rings. The third-order valence-corrected chi connectivity index (χ3v) is 8.98. The van der Waals surface area contributed by atoms with Gasteiger partial charge in [0.25, 0.3) is 0 Å².